The molecule has 6 heteroatoms. The molecule has 1 rings (SSSR count). The summed E-state index contributed by atoms with van der Waals surface area (Å²) in [5.41, 5.74) is 0.797. The Bertz CT molecular complexity index is 428. The van der Waals surface area contributed by atoms with Gasteiger partial charge in [-0.3, -0.25) is 4.18 Å². The van der Waals surface area contributed by atoms with E-state index in [1.54, 1.807) is 12.1 Å². The standard InChI is InChI=1S/C8H8Br2O3S/c1-14(11,12)13-5-6-2-3-7(9)8(10)4-6/h2-4H,5H2,1H3. The normalized spacial score (nSPS) is 11.6. The summed E-state index contributed by atoms with van der Waals surface area (Å²) in [7, 11) is -3.37. The number of benzene rings is 1. The molecule has 0 bridgehead atoms. The molecule has 0 radical (unpaired) electrons. The lowest BCUT2D eigenvalue weighted by Gasteiger charge is -2.03. The van der Waals surface area contributed by atoms with Crippen LogP contribution in [0.1, 0.15) is 5.56 Å². The van der Waals surface area contributed by atoms with Crippen LogP contribution in [0.25, 0.3) is 0 Å². The van der Waals surface area contributed by atoms with Crippen molar-refractivity contribution in [3.8, 4) is 0 Å². The zero-order valence-corrected chi connectivity index (χ0v) is 11.3. The third-order valence-corrected chi connectivity index (χ3v) is 3.85. The molecule has 0 aliphatic carbocycles. The van der Waals surface area contributed by atoms with Crippen molar-refractivity contribution in [1.29, 1.82) is 0 Å². The van der Waals surface area contributed by atoms with Crippen LogP contribution in [0.4, 0.5) is 0 Å². The molecule has 1 aromatic rings. The highest BCUT2D eigenvalue weighted by Gasteiger charge is 2.04. The average molecular weight is 344 g/mol. The molecule has 0 heterocycles. The molecule has 0 unspecified atom stereocenters. The molecule has 0 amide bonds. The highest BCUT2D eigenvalue weighted by atomic mass is 79.9. The van der Waals surface area contributed by atoms with Gasteiger partial charge >= 0.3 is 0 Å². The van der Waals surface area contributed by atoms with Gasteiger partial charge in [-0.1, -0.05) is 6.07 Å². The third kappa shape index (κ3) is 4.08. The van der Waals surface area contributed by atoms with Crippen LogP contribution in [-0.4, -0.2) is 14.7 Å². The minimum Gasteiger partial charge on any atom is -0.265 e. The smallest absolute Gasteiger partial charge is 0.264 e. The number of rotatable bonds is 3. The molecule has 78 valence electrons. The van der Waals surface area contributed by atoms with Crippen LogP contribution in [-0.2, 0) is 20.9 Å². The van der Waals surface area contributed by atoms with Gasteiger partial charge in [0, 0.05) is 8.95 Å². The van der Waals surface area contributed by atoms with Crippen LogP contribution in [0.5, 0.6) is 0 Å². The van der Waals surface area contributed by atoms with Gasteiger partial charge in [0.25, 0.3) is 10.1 Å². The van der Waals surface area contributed by atoms with Gasteiger partial charge < -0.3 is 0 Å². The second-order valence-corrected chi connectivity index (χ2v) is 6.07. The molecule has 14 heavy (non-hydrogen) atoms. The molecule has 0 aliphatic rings. The summed E-state index contributed by atoms with van der Waals surface area (Å²) in [6, 6.07) is 5.42. The van der Waals surface area contributed by atoms with Gasteiger partial charge in [0.05, 0.1) is 12.9 Å². The van der Waals surface area contributed by atoms with Gasteiger partial charge in [0.1, 0.15) is 0 Å². The Hall–Kier alpha value is 0.0900. The quantitative estimate of drug-likeness (QED) is 0.792. The van der Waals surface area contributed by atoms with E-state index in [2.05, 4.69) is 36.0 Å². The zero-order valence-electron chi connectivity index (χ0n) is 7.33. The summed E-state index contributed by atoms with van der Waals surface area (Å²) < 4.78 is 27.9. The molecule has 0 saturated carbocycles. The van der Waals surface area contributed by atoms with E-state index in [9.17, 15) is 8.42 Å². The molecule has 0 atom stereocenters. The van der Waals surface area contributed by atoms with Crippen molar-refractivity contribution in [2.45, 2.75) is 6.61 Å². The van der Waals surface area contributed by atoms with E-state index in [-0.39, 0.29) is 6.61 Å². The molecule has 1 aromatic carbocycles. The first-order valence-corrected chi connectivity index (χ1v) is 7.07. The molecular weight excluding hydrogens is 336 g/mol. The summed E-state index contributed by atoms with van der Waals surface area (Å²) in [5.74, 6) is 0. The maximum atomic E-state index is 10.7. The van der Waals surface area contributed by atoms with Crippen LogP contribution < -0.4 is 0 Å². The summed E-state index contributed by atoms with van der Waals surface area (Å²) in [4.78, 5) is 0. The van der Waals surface area contributed by atoms with E-state index >= 15 is 0 Å². The lowest BCUT2D eigenvalue weighted by atomic mass is 10.2. The maximum absolute atomic E-state index is 10.7. The van der Waals surface area contributed by atoms with E-state index < -0.39 is 10.1 Å². The van der Waals surface area contributed by atoms with Crippen molar-refractivity contribution in [1.82, 2.24) is 0 Å². The molecular formula is C8H8Br2O3S. The van der Waals surface area contributed by atoms with Crippen molar-refractivity contribution in [2.75, 3.05) is 6.26 Å². The Morgan fingerprint density at radius 2 is 1.93 bits per heavy atom. The Morgan fingerprint density at radius 1 is 1.29 bits per heavy atom. The van der Waals surface area contributed by atoms with E-state index in [1.807, 2.05) is 6.07 Å². The fourth-order valence-electron chi connectivity index (χ4n) is 0.804. The molecule has 0 spiro atoms. The Morgan fingerprint density at radius 3 is 2.43 bits per heavy atom. The van der Waals surface area contributed by atoms with E-state index in [1.165, 1.54) is 0 Å². The molecule has 0 saturated heterocycles. The van der Waals surface area contributed by atoms with Gasteiger partial charge in [-0.25, -0.2) is 0 Å². The van der Waals surface area contributed by atoms with Crippen LogP contribution in [0, 0.1) is 0 Å². The number of hydrogen-bond donors (Lipinski definition) is 0. The lowest BCUT2D eigenvalue weighted by molar-refractivity contribution is 0.311. The molecule has 3 nitrogen and oxygen atoms in total. The van der Waals surface area contributed by atoms with E-state index in [0.717, 1.165) is 20.8 Å². The summed E-state index contributed by atoms with van der Waals surface area (Å²) >= 11 is 6.63. The highest BCUT2D eigenvalue weighted by Crippen LogP contribution is 2.24. The van der Waals surface area contributed by atoms with Crippen molar-refractivity contribution in [3.63, 3.8) is 0 Å². The maximum Gasteiger partial charge on any atom is 0.264 e. The molecule has 0 fully saturated rings. The summed E-state index contributed by atoms with van der Waals surface area (Å²) in [5, 5.41) is 0. The lowest BCUT2D eigenvalue weighted by Crippen LogP contribution is -2.02. The number of hydrogen-bond acceptors (Lipinski definition) is 3. The molecule has 0 aromatic heterocycles. The van der Waals surface area contributed by atoms with E-state index in [0.29, 0.717) is 0 Å². The fraction of sp³-hybridized carbons (Fsp3) is 0.250. The van der Waals surface area contributed by atoms with Gasteiger partial charge in [0.15, 0.2) is 0 Å². The van der Waals surface area contributed by atoms with Gasteiger partial charge in [0.2, 0.25) is 0 Å². The predicted molar refractivity (Wildman–Crippen MR) is 61.5 cm³/mol. The third-order valence-electron chi connectivity index (χ3n) is 1.42. The number of halogens is 2. The van der Waals surface area contributed by atoms with Crippen molar-refractivity contribution >= 4 is 42.0 Å². The van der Waals surface area contributed by atoms with Crippen LogP contribution >= 0.6 is 31.9 Å². The van der Waals surface area contributed by atoms with Gasteiger partial charge in [-0.2, -0.15) is 8.42 Å². The van der Waals surface area contributed by atoms with Gasteiger partial charge in [-0.05, 0) is 49.6 Å². The summed E-state index contributed by atoms with van der Waals surface area (Å²) in [6.07, 6.45) is 1.03. The second-order valence-electron chi connectivity index (χ2n) is 2.71. The topological polar surface area (TPSA) is 43.4 Å². The van der Waals surface area contributed by atoms with Crippen LogP contribution in [0.2, 0.25) is 0 Å². The Kier molecular flexibility index (Phi) is 4.12. The van der Waals surface area contributed by atoms with Gasteiger partial charge in [-0.15, -0.1) is 0 Å². The molecule has 0 N–H and O–H groups in total. The first-order valence-electron chi connectivity index (χ1n) is 3.67. The summed E-state index contributed by atoms with van der Waals surface area (Å²) in [6.45, 7) is 0.0602. The SMILES string of the molecule is CS(=O)(=O)OCc1ccc(Br)c(Br)c1. The monoisotopic (exact) mass is 342 g/mol. The molecule has 0 aliphatic heterocycles. The van der Waals surface area contributed by atoms with Crippen molar-refractivity contribution in [2.24, 2.45) is 0 Å². The first-order chi connectivity index (χ1) is 6.38. The first kappa shape index (κ1) is 12.2. The van der Waals surface area contributed by atoms with Crippen molar-refractivity contribution in [3.05, 3.63) is 32.7 Å². The van der Waals surface area contributed by atoms with E-state index in [4.69, 9.17) is 0 Å². The van der Waals surface area contributed by atoms with Crippen LogP contribution in [0.15, 0.2) is 27.1 Å². The second kappa shape index (κ2) is 4.74. The average Bonchev–Trinajstić information content (AvgIpc) is 2.06. The highest BCUT2D eigenvalue weighted by molar-refractivity contribution is 9.13. The fourth-order valence-corrected chi connectivity index (χ4v) is 1.83. The minimum absolute atomic E-state index is 0.0602. The zero-order chi connectivity index (χ0) is 10.8. The van der Waals surface area contributed by atoms with Crippen LogP contribution in [0.3, 0.4) is 0 Å². The minimum atomic E-state index is -3.37. The predicted octanol–water partition coefficient (Wildman–Crippen LogP) is 2.69. The van der Waals surface area contributed by atoms with Crippen molar-refractivity contribution < 1.29 is 12.6 Å². The Labute approximate surface area is 99.8 Å². The largest absolute Gasteiger partial charge is 0.265 e. The Balaban J connectivity index is 2.74.